The summed E-state index contributed by atoms with van der Waals surface area (Å²) in [6, 6.07) is 0. The predicted octanol–water partition coefficient (Wildman–Crippen LogP) is 2.35. The van der Waals surface area contributed by atoms with Crippen molar-refractivity contribution in [2.45, 2.75) is 51.9 Å². The van der Waals surface area contributed by atoms with E-state index in [1.165, 1.54) is 25.7 Å². The lowest BCUT2D eigenvalue weighted by molar-refractivity contribution is -0.119. The van der Waals surface area contributed by atoms with Crippen LogP contribution in [0.3, 0.4) is 0 Å². The maximum atomic E-state index is 11.6. The molecule has 0 aromatic carbocycles. The Balaban J connectivity index is 2.15. The van der Waals surface area contributed by atoms with Gasteiger partial charge in [-0.1, -0.05) is 32.6 Å². The van der Waals surface area contributed by atoms with Crippen LogP contribution in [0, 0.1) is 5.92 Å². The highest BCUT2D eigenvalue weighted by Gasteiger charge is 2.18. The minimum absolute atomic E-state index is 0.167. The molecule has 0 aromatic rings. The van der Waals surface area contributed by atoms with Crippen LogP contribution in [0.15, 0.2) is 0 Å². The molecule has 0 aromatic heterocycles. The molecule has 1 rings (SSSR count). The first kappa shape index (κ1) is 13.7. The van der Waals surface area contributed by atoms with Gasteiger partial charge in [0.05, 0.1) is 5.75 Å². The fourth-order valence-corrected chi connectivity index (χ4v) is 3.14. The lowest BCUT2D eigenvalue weighted by atomic mass is 9.99. The number of hydrogen-bond donors (Lipinski definition) is 0. The third-order valence-electron chi connectivity index (χ3n) is 3.34. The van der Waals surface area contributed by atoms with Crippen molar-refractivity contribution in [1.82, 2.24) is 0 Å². The highest BCUT2D eigenvalue weighted by atomic mass is 32.2. The largest absolute Gasteiger partial charge is 0.300 e. The average Bonchev–Trinajstić information content (AvgIpc) is 2.70. The summed E-state index contributed by atoms with van der Waals surface area (Å²) in [5, 5.41) is 0. The molecule has 1 fully saturated rings. The van der Waals surface area contributed by atoms with Crippen LogP contribution in [0.5, 0.6) is 0 Å². The molecule has 0 saturated heterocycles. The van der Waals surface area contributed by atoms with E-state index in [-0.39, 0.29) is 17.3 Å². The normalized spacial score (nSPS) is 17.8. The van der Waals surface area contributed by atoms with E-state index in [0.717, 1.165) is 0 Å². The third-order valence-corrected chi connectivity index (χ3v) is 5.13. The lowest BCUT2D eigenvalue weighted by Crippen LogP contribution is -2.11. The molecular weight excluding hydrogens is 224 g/mol. The van der Waals surface area contributed by atoms with Crippen molar-refractivity contribution in [2.24, 2.45) is 5.92 Å². The van der Waals surface area contributed by atoms with E-state index < -0.39 is 9.84 Å². The van der Waals surface area contributed by atoms with E-state index in [1.54, 1.807) is 6.92 Å². The van der Waals surface area contributed by atoms with Gasteiger partial charge in [0.2, 0.25) is 0 Å². The average molecular weight is 246 g/mol. The second-order valence-corrected chi connectivity index (χ2v) is 7.21. The molecule has 0 radical (unpaired) electrons. The van der Waals surface area contributed by atoms with E-state index in [9.17, 15) is 13.2 Å². The summed E-state index contributed by atoms with van der Waals surface area (Å²) in [5.41, 5.74) is 0. The van der Waals surface area contributed by atoms with Crippen LogP contribution in [0.2, 0.25) is 0 Å². The zero-order valence-corrected chi connectivity index (χ0v) is 10.9. The molecule has 0 amide bonds. The Kier molecular flexibility index (Phi) is 5.46. The number of sulfone groups is 1. The summed E-state index contributed by atoms with van der Waals surface area (Å²) in [4.78, 5) is 11.6. The van der Waals surface area contributed by atoms with Gasteiger partial charge in [-0.3, -0.25) is 4.79 Å². The molecule has 0 spiro atoms. The van der Waals surface area contributed by atoms with Crippen molar-refractivity contribution in [2.75, 3.05) is 11.5 Å². The van der Waals surface area contributed by atoms with E-state index >= 15 is 0 Å². The monoisotopic (exact) mass is 246 g/mol. The quantitative estimate of drug-likeness (QED) is 0.693. The van der Waals surface area contributed by atoms with E-state index in [4.69, 9.17) is 0 Å². The fourth-order valence-electron chi connectivity index (χ4n) is 2.27. The molecule has 0 unspecified atom stereocenters. The highest BCUT2D eigenvalue weighted by Crippen LogP contribution is 2.28. The van der Waals surface area contributed by atoms with E-state index in [1.807, 2.05) is 0 Å². The molecule has 94 valence electrons. The SMILES string of the molecule is CCS(=O)(=O)CCCC(=O)CC1CCCC1. The molecule has 0 bridgehead atoms. The summed E-state index contributed by atoms with van der Waals surface area (Å²) in [6.45, 7) is 1.65. The van der Waals surface area contributed by atoms with Crippen molar-refractivity contribution in [1.29, 1.82) is 0 Å². The van der Waals surface area contributed by atoms with Gasteiger partial charge in [-0.25, -0.2) is 8.42 Å². The van der Waals surface area contributed by atoms with Gasteiger partial charge in [0.15, 0.2) is 0 Å². The smallest absolute Gasteiger partial charge is 0.150 e. The van der Waals surface area contributed by atoms with Crippen molar-refractivity contribution < 1.29 is 13.2 Å². The summed E-state index contributed by atoms with van der Waals surface area (Å²) in [6.07, 6.45) is 6.48. The standard InChI is InChI=1S/C12H22O3S/c1-2-16(14,15)9-5-8-12(13)10-11-6-3-4-7-11/h11H,2-10H2,1H3. The Morgan fingerprint density at radius 3 is 2.44 bits per heavy atom. The maximum Gasteiger partial charge on any atom is 0.150 e. The molecule has 1 saturated carbocycles. The Labute approximate surface area is 98.5 Å². The number of ketones is 1. The van der Waals surface area contributed by atoms with Crippen LogP contribution in [0.4, 0.5) is 0 Å². The van der Waals surface area contributed by atoms with Crippen molar-refractivity contribution >= 4 is 15.6 Å². The number of hydrogen-bond acceptors (Lipinski definition) is 3. The Hall–Kier alpha value is -0.380. The van der Waals surface area contributed by atoms with Gasteiger partial charge in [-0.2, -0.15) is 0 Å². The first-order chi connectivity index (χ1) is 7.53. The van der Waals surface area contributed by atoms with Crippen molar-refractivity contribution in [3.8, 4) is 0 Å². The summed E-state index contributed by atoms with van der Waals surface area (Å²) in [7, 11) is -2.89. The maximum absolute atomic E-state index is 11.6. The van der Waals surface area contributed by atoms with Crippen LogP contribution < -0.4 is 0 Å². The molecule has 16 heavy (non-hydrogen) atoms. The van der Waals surface area contributed by atoms with Crippen LogP contribution >= 0.6 is 0 Å². The van der Waals surface area contributed by atoms with E-state index in [0.29, 0.717) is 25.2 Å². The topological polar surface area (TPSA) is 51.2 Å². The summed E-state index contributed by atoms with van der Waals surface area (Å²) >= 11 is 0. The van der Waals surface area contributed by atoms with Crippen molar-refractivity contribution in [3.05, 3.63) is 0 Å². The molecule has 4 heteroatoms. The fraction of sp³-hybridized carbons (Fsp3) is 0.917. The highest BCUT2D eigenvalue weighted by molar-refractivity contribution is 7.91. The summed E-state index contributed by atoms with van der Waals surface area (Å²) in [5.74, 6) is 1.18. The first-order valence-electron chi connectivity index (χ1n) is 6.25. The molecule has 0 heterocycles. The van der Waals surface area contributed by atoms with Crippen LogP contribution in [0.25, 0.3) is 0 Å². The third kappa shape index (κ3) is 5.10. The molecular formula is C12H22O3S. The Morgan fingerprint density at radius 1 is 1.25 bits per heavy atom. The number of Topliss-reactive ketones (excluding diaryl/α,β-unsaturated/α-hetero) is 1. The van der Waals surface area contributed by atoms with Gasteiger partial charge < -0.3 is 0 Å². The minimum atomic E-state index is -2.89. The number of rotatable bonds is 7. The Bertz CT molecular complexity index is 313. The lowest BCUT2D eigenvalue weighted by Gasteiger charge is -2.07. The molecule has 0 atom stereocenters. The van der Waals surface area contributed by atoms with Gasteiger partial charge in [-0.15, -0.1) is 0 Å². The van der Waals surface area contributed by atoms with Gasteiger partial charge in [0.25, 0.3) is 0 Å². The van der Waals surface area contributed by atoms with Crippen LogP contribution in [0.1, 0.15) is 51.9 Å². The van der Waals surface area contributed by atoms with E-state index in [2.05, 4.69) is 0 Å². The first-order valence-corrected chi connectivity index (χ1v) is 8.08. The van der Waals surface area contributed by atoms with Gasteiger partial charge in [0.1, 0.15) is 15.6 Å². The predicted molar refractivity (Wildman–Crippen MR) is 65.1 cm³/mol. The minimum Gasteiger partial charge on any atom is -0.300 e. The van der Waals surface area contributed by atoms with Gasteiger partial charge in [-0.05, 0) is 12.3 Å². The van der Waals surface area contributed by atoms with Crippen LogP contribution in [-0.2, 0) is 14.6 Å². The van der Waals surface area contributed by atoms with Crippen LogP contribution in [-0.4, -0.2) is 25.7 Å². The second kappa shape index (κ2) is 6.38. The number of carbonyl (C=O) groups excluding carboxylic acids is 1. The zero-order chi connectivity index (χ0) is 12.0. The Morgan fingerprint density at radius 2 is 1.88 bits per heavy atom. The van der Waals surface area contributed by atoms with Gasteiger partial charge in [0, 0.05) is 18.6 Å². The zero-order valence-electron chi connectivity index (χ0n) is 10.1. The molecule has 1 aliphatic carbocycles. The molecule has 3 nitrogen and oxygen atoms in total. The molecule has 0 N–H and O–H groups in total. The number of carbonyl (C=O) groups is 1. The second-order valence-electron chi connectivity index (χ2n) is 4.73. The molecule has 0 aliphatic heterocycles. The molecule has 1 aliphatic rings. The van der Waals surface area contributed by atoms with Gasteiger partial charge >= 0.3 is 0 Å². The van der Waals surface area contributed by atoms with Crippen molar-refractivity contribution in [3.63, 3.8) is 0 Å². The summed E-state index contributed by atoms with van der Waals surface area (Å²) < 4.78 is 22.4.